The van der Waals surface area contributed by atoms with Crippen LogP contribution < -0.4 is 14.2 Å². The molecule has 4 rings (SSSR count). The SMILES string of the molecule is COc1cc(-c2cnc3cccc(-c4ccc(S(=O)(=O)C(C)C)cc4)c3n2)cc(OC)c1OC. The Hall–Kier alpha value is -3.65. The van der Waals surface area contributed by atoms with E-state index in [0.29, 0.717) is 33.4 Å². The van der Waals surface area contributed by atoms with Crippen molar-refractivity contribution in [3.8, 4) is 39.6 Å². The third kappa shape index (κ3) is 4.17. The minimum absolute atomic E-state index is 0.302. The molecule has 8 heteroatoms. The second-order valence-electron chi connectivity index (χ2n) is 7.96. The third-order valence-electron chi connectivity index (χ3n) is 5.65. The largest absolute Gasteiger partial charge is 0.493 e. The van der Waals surface area contributed by atoms with Gasteiger partial charge in [-0.3, -0.25) is 4.98 Å². The lowest BCUT2D eigenvalue weighted by Gasteiger charge is -2.14. The molecule has 0 aliphatic rings. The van der Waals surface area contributed by atoms with Crippen molar-refractivity contribution in [2.24, 2.45) is 0 Å². The molecule has 1 aromatic heterocycles. The van der Waals surface area contributed by atoms with Crippen molar-refractivity contribution in [1.29, 1.82) is 0 Å². The van der Waals surface area contributed by atoms with E-state index in [2.05, 4.69) is 4.98 Å². The van der Waals surface area contributed by atoms with Crippen molar-refractivity contribution < 1.29 is 22.6 Å². The summed E-state index contributed by atoms with van der Waals surface area (Å²) in [5, 5.41) is -0.484. The van der Waals surface area contributed by atoms with E-state index in [1.165, 1.54) is 0 Å². The molecular weight excluding hydrogens is 452 g/mol. The molecule has 4 aromatic rings. The van der Waals surface area contributed by atoms with E-state index in [1.54, 1.807) is 65.6 Å². The molecule has 0 aliphatic carbocycles. The van der Waals surface area contributed by atoms with Gasteiger partial charge >= 0.3 is 0 Å². The fourth-order valence-electron chi connectivity index (χ4n) is 3.73. The van der Waals surface area contributed by atoms with Crippen LogP contribution in [-0.2, 0) is 9.84 Å². The van der Waals surface area contributed by atoms with Gasteiger partial charge in [0.15, 0.2) is 21.3 Å². The quantitative estimate of drug-likeness (QED) is 0.362. The Balaban J connectivity index is 1.84. The van der Waals surface area contributed by atoms with Crippen LogP contribution >= 0.6 is 0 Å². The summed E-state index contributed by atoms with van der Waals surface area (Å²) < 4.78 is 41.3. The van der Waals surface area contributed by atoms with Crippen molar-refractivity contribution in [2.75, 3.05) is 21.3 Å². The van der Waals surface area contributed by atoms with Crippen LogP contribution in [0.25, 0.3) is 33.4 Å². The molecule has 0 saturated carbocycles. The maximum Gasteiger partial charge on any atom is 0.203 e. The summed E-state index contributed by atoms with van der Waals surface area (Å²) >= 11 is 0. The summed E-state index contributed by atoms with van der Waals surface area (Å²) in [6, 6.07) is 16.3. The molecule has 0 aliphatic heterocycles. The van der Waals surface area contributed by atoms with Crippen LogP contribution in [-0.4, -0.2) is 45.0 Å². The summed E-state index contributed by atoms with van der Waals surface area (Å²) in [5.74, 6) is 1.54. The lowest BCUT2D eigenvalue weighted by Crippen LogP contribution is -2.13. The van der Waals surface area contributed by atoms with Crippen molar-refractivity contribution in [1.82, 2.24) is 9.97 Å². The number of rotatable bonds is 7. The summed E-state index contributed by atoms with van der Waals surface area (Å²) in [7, 11) is 1.34. The van der Waals surface area contributed by atoms with Crippen LogP contribution in [0.15, 0.2) is 65.7 Å². The van der Waals surface area contributed by atoms with Crippen molar-refractivity contribution in [3.63, 3.8) is 0 Å². The first-order valence-electron chi connectivity index (χ1n) is 10.7. The molecule has 0 amide bonds. The number of ether oxygens (including phenoxy) is 3. The van der Waals surface area contributed by atoms with Gasteiger partial charge in [0, 0.05) is 11.1 Å². The van der Waals surface area contributed by atoms with Crippen LogP contribution in [0.4, 0.5) is 0 Å². The first-order chi connectivity index (χ1) is 16.3. The molecule has 0 spiro atoms. The highest BCUT2D eigenvalue weighted by molar-refractivity contribution is 7.92. The molecule has 0 radical (unpaired) electrons. The van der Waals surface area contributed by atoms with Gasteiger partial charge in [-0.15, -0.1) is 0 Å². The van der Waals surface area contributed by atoms with Gasteiger partial charge in [-0.25, -0.2) is 13.4 Å². The number of methoxy groups -OCH3 is 3. The van der Waals surface area contributed by atoms with Crippen LogP contribution in [0.2, 0.25) is 0 Å². The molecule has 0 unspecified atom stereocenters. The number of benzene rings is 3. The van der Waals surface area contributed by atoms with Gasteiger partial charge in [0.05, 0.1) is 54.4 Å². The predicted molar refractivity (Wildman–Crippen MR) is 132 cm³/mol. The summed E-state index contributed by atoms with van der Waals surface area (Å²) in [6.45, 7) is 3.35. The first kappa shape index (κ1) is 23.5. The average Bonchev–Trinajstić information content (AvgIpc) is 2.87. The maximum absolute atomic E-state index is 12.5. The van der Waals surface area contributed by atoms with Crippen LogP contribution in [0.1, 0.15) is 13.8 Å². The van der Waals surface area contributed by atoms with E-state index in [-0.39, 0.29) is 0 Å². The first-order valence-corrected chi connectivity index (χ1v) is 12.2. The molecule has 1 heterocycles. The monoisotopic (exact) mass is 478 g/mol. The van der Waals surface area contributed by atoms with E-state index >= 15 is 0 Å². The highest BCUT2D eigenvalue weighted by Crippen LogP contribution is 2.41. The Morgan fingerprint density at radius 3 is 2.03 bits per heavy atom. The number of fused-ring (bicyclic) bond motifs is 1. The minimum atomic E-state index is -3.34. The molecule has 0 fully saturated rings. The Morgan fingerprint density at radius 2 is 1.47 bits per heavy atom. The van der Waals surface area contributed by atoms with E-state index in [0.717, 1.165) is 22.2 Å². The topological polar surface area (TPSA) is 87.6 Å². The fraction of sp³-hybridized carbons (Fsp3) is 0.231. The van der Waals surface area contributed by atoms with Crippen molar-refractivity contribution in [3.05, 3.63) is 60.8 Å². The molecular formula is C26H26N2O5S. The Bertz CT molecular complexity index is 1420. The number of aromatic nitrogens is 2. The van der Waals surface area contributed by atoms with E-state index in [1.807, 2.05) is 30.3 Å². The lowest BCUT2D eigenvalue weighted by atomic mass is 10.0. The van der Waals surface area contributed by atoms with Gasteiger partial charge in [0.25, 0.3) is 0 Å². The molecule has 0 atom stereocenters. The third-order valence-corrected chi connectivity index (χ3v) is 7.82. The zero-order valence-electron chi connectivity index (χ0n) is 19.7. The summed E-state index contributed by atoms with van der Waals surface area (Å²) in [5.41, 5.74) is 4.54. The average molecular weight is 479 g/mol. The van der Waals surface area contributed by atoms with Crippen molar-refractivity contribution >= 4 is 20.9 Å². The normalized spacial score (nSPS) is 11.6. The molecule has 176 valence electrons. The van der Waals surface area contributed by atoms with Gasteiger partial charge in [-0.1, -0.05) is 24.3 Å². The maximum atomic E-state index is 12.5. The van der Waals surface area contributed by atoms with Gasteiger partial charge in [-0.2, -0.15) is 0 Å². The molecule has 0 bridgehead atoms. The van der Waals surface area contributed by atoms with Gasteiger partial charge in [0.1, 0.15) is 0 Å². The zero-order chi connectivity index (χ0) is 24.5. The molecule has 0 N–H and O–H groups in total. The minimum Gasteiger partial charge on any atom is -0.493 e. The molecule has 3 aromatic carbocycles. The second-order valence-corrected chi connectivity index (χ2v) is 10.5. The van der Waals surface area contributed by atoms with Gasteiger partial charge < -0.3 is 14.2 Å². The van der Waals surface area contributed by atoms with Gasteiger partial charge in [0.2, 0.25) is 5.75 Å². The van der Waals surface area contributed by atoms with Crippen LogP contribution in [0, 0.1) is 0 Å². The Morgan fingerprint density at radius 1 is 0.824 bits per heavy atom. The summed E-state index contributed by atoms with van der Waals surface area (Å²) in [4.78, 5) is 9.80. The number of hydrogen-bond acceptors (Lipinski definition) is 7. The van der Waals surface area contributed by atoms with Gasteiger partial charge in [-0.05, 0) is 49.7 Å². The highest BCUT2D eigenvalue weighted by atomic mass is 32.2. The predicted octanol–water partition coefficient (Wildman–Crippen LogP) is 5.17. The van der Waals surface area contributed by atoms with E-state index < -0.39 is 15.1 Å². The lowest BCUT2D eigenvalue weighted by molar-refractivity contribution is 0.324. The van der Waals surface area contributed by atoms with E-state index in [9.17, 15) is 8.42 Å². The number of para-hydroxylation sites is 1. The molecule has 34 heavy (non-hydrogen) atoms. The second kappa shape index (κ2) is 9.30. The van der Waals surface area contributed by atoms with Crippen molar-refractivity contribution in [2.45, 2.75) is 24.0 Å². The van der Waals surface area contributed by atoms with E-state index in [4.69, 9.17) is 19.2 Å². The number of hydrogen-bond donors (Lipinski definition) is 0. The summed E-state index contributed by atoms with van der Waals surface area (Å²) in [6.07, 6.45) is 1.70. The zero-order valence-corrected chi connectivity index (χ0v) is 20.5. The number of sulfone groups is 1. The Labute approximate surface area is 199 Å². The fourth-order valence-corrected chi connectivity index (χ4v) is 4.79. The smallest absolute Gasteiger partial charge is 0.203 e. The molecule has 7 nitrogen and oxygen atoms in total. The number of nitrogens with zero attached hydrogens (tertiary/aromatic N) is 2. The van der Waals surface area contributed by atoms with Crippen LogP contribution in [0.5, 0.6) is 17.2 Å². The highest BCUT2D eigenvalue weighted by Gasteiger charge is 2.19. The molecule has 0 saturated heterocycles. The Kier molecular flexibility index (Phi) is 6.43. The van der Waals surface area contributed by atoms with Crippen LogP contribution in [0.3, 0.4) is 0 Å². The standard InChI is InChI=1S/C26H26N2O5S/c1-16(2)34(29,30)19-11-9-17(10-12-19)20-7-6-8-21-25(20)28-22(15-27-21)18-13-23(31-3)26(33-5)24(14-18)32-4/h6-16H,1-5H3.